The number of nitrogens with one attached hydrogen (secondary N) is 1. The maximum absolute atomic E-state index is 4.06. The largest absolute Gasteiger partial charge is 0.307 e. The number of tetrazole rings is 1. The lowest BCUT2D eigenvalue weighted by molar-refractivity contribution is 0.614. The minimum absolute atomic E-state index is 0.635. The molecular weight excluding hydrogens is 214 g/mol. The highest BCUT2D eigenvalue weighted by Crippen LogP contribution is 2.29. The third kappa shape index (κ3) is 2.19. The molecule has 0 bridgehead atoms. The highest BCUT2D eigenvalue weighted by atomic mass is 15.5. The van der Waals surface area contributed by atoms with E-state index >= 15 is 0 Å². The summed E-state index contributed by atoms with van der Waals surface area (Å²) in [6.07, 6.45) is 1.26. The van der Waals surface area contributed by atoms with E-state index in [1.54, 1.807) is 4.68 Å². The van der Waals surface area contributed by atoms with E-state index in [4.69, 9.17) is 0 Å². The summed E-state index contributed by atoms with van der Waals surface area (Å²) in [6.45, 7) is 2.97. The average molecular weight is 229 g/mol. The topological polar surface area (TPSA) is 55.6 Å². The summed E-state index contributed by atoms with van der Waals surface area (Å²) in [5.74, 6) is 1.64. The SMILES string of the molecule is CC1CC1NCc1nnnn1-c1ccccc1. The van der Waals surface area contributed by atoms with E-state index in [9.17, 15) is 0 Å². The highest BCUT2D eigenvalue weighted by molar-refractivity contribution is 5.30. The van der Waals surface area contributed by atoms with Crippen LogP contribution >= 0.6 is 0 Å². The molecule has 1 aromatic heterocycles. The van der Waals surface area contributed by atoms with Crippen molar-refractivity contribution < 1.29 is 0 Å². The van der Waals surface area contributed by atoms with Crippen LogP contribution in [0, 0.1) is 5.92 Å². The predicted octanol–water partition coefficient (Wildman–Crippen LogP) is 1.16. The molecule has 1 N–H and O–H groups in total. The first-order valence-electron chi connectivity index (χ1n) is 5.90. The van der Waals surface area contributed by atoms with E-state index in [0.717, 1.165) is 24.0 Å². The summed E-state index contributed by atoms with van der Waals surface area (Å²) in [5.41, 5.74) is 0.998. The Hall–Kier alpha value is -1.75. The minimum Gasteiger partial charge on any atom is -0.307 e. The van der Waals surface area contributed by atoms with Crippen LogP contribution in [0.3, 0.4) is 0 Å². The van der Waals surface area contributed by atoms with E-state index in [1.165, 1.54) is 6.42 Å². The Labute approximate surface area is 99.8 Å². The van der Waals surface area contributed by atoms with Gasteiger partial charge in [-0.15, -0.1) is 5.10 Å². The normalized spacial score (nSPS) is 22.6. The second kappa shape index (κ2) is 4.25. The zero-order chi connectivity index (χ0) is 11.7. The van der Waals surface area contributed by atoms with Gasteiger partial charge in [0, 0.05) is 6.04 Å². The Kier molecular flexibility index (Phi) is 2.60. The molecule has 1 saturated carbocycles. The van der Waals surface area contributed by atoms with Crippen LogP contribution < -0.4 is 5.32 Å². The molecule has 2 unspecified atom stereocenters. The average Bonchev–Trinajstić information content (AvgIpc) is 2.90. The first kappa shape index (κ1) is 10.4. The van der Waals surface area contributed by atoms with Gasteiger partial charge in [-0.3, -0.25) is 0 Å². The van der Waals surface area contributed by atoms with Crippen molar-refractivity contribution in [1.82, 2.24) is 25.5 Å². The molecule has 1 aromatic carbocycles. The predicted molar refractivity (Wildman–Crippen MR) is 63.6 cm³/mol. The molecule has 17 heavy (non-hydrogen) atoms. The second-order valence-electron chi connectivity index (χ2n) is 4.54. The molecular formula is C12H15N5. The Morgan fingerprint density at radius 1 is 1.35 bits per heavy atom. The molecule has 0 saturated heterocycles. The quantitative estimate of drug-likeness (QED) is 0.854. The van der Waals surface area contributed by atoms with Gasteiger partial charge in [0.2, 0.25) is 0 Å². The van der Waals surface area contributed by atoms with Gasteiger partial charge in [-0.25, -0.2) is 0 Å². The molecule has 0 spiro atoms. The van der Waals surface area contributed by atoms with E-state index < -0.39 is 0 Å². The molecule has 1 fully saturated rings. The first-order chi connectivity index (χ1) is 8.34. The fourth-order valence-corrected chi connectivity index (χ4v) is 1.91. The number of hydrogen-bond acceptors (Lipinski definition) is 4. The van der Waals surface area contributed by atoms with Crippen LogP contribution in [0.1, 0.15) is 19.2 Å². The lowest BCUT2D eigenvalue weighted by Gasteiger charge is -2.05. The van der Waals surface area contributed by atoms with Crippen LogP contribution in [-0.4, -0.2) is 26.2 Å². The first-order valence-corrected chi connectivity index (χ1v) is 5.90. The monoisotopic (exact) mass is 229 g/mol. The highest BCUT2D eigenvalue weighted by Gasteiger charge is 2.32. The number of aromatic nitrogens is 4. The maximum Gasteiger partial charge on any atom is 0.170 e. The molecule has 0 radical (unpaired) electrons. The fourth-order valence-electron chi connectivity index (χ4n) is 1.91. The van der Waals surface area contributed by atoms with Crippen LogP contribution in [0.2, 0.25) is 0 Å². The van der Waals surface area contributed by atoms with Crippen LogP contribution in [0.15, 0.2) is 30.3 Å². The van der Waals surface area contributed by atoms with Gasteiger partial charge in [0.15, 0.2) is 5.82 Å². The van der Waals surface area contributed by atoms with Gasteiger partial charge in [-0.05, 0) is 34.9 Å². The third-order valence-electron chi connectivity index (χ3n) is 3.17. The zero-order valence-electron chi connectivity index (χ0n) is 9.74. The van der Waals surface area contributed by atoms with Gasteiger partial charge in [0.25, 0.3) is 0 Å². The minimum atomic E-state index is 0.635. The molecule has 5 nitrogen and oxygen atoms in total. The van der Waals surface area contributed by atoms with Crippen LogP contribution in [0.5, 0.6) is 0 Å². The summed E-state index contributed by atoms with van der Waals surface area (Å²) in [6, 6.07) is 10.6. The van der Waals surface area contributed by atoms with Crippen molar-refractivity contribution in [1.29, 1.82) is 0 Å². The number of rotatable bonds is 4. The van der Waals surface area contributed by atoms with Crippen LogP contribution in [-0.2, 0) is 6.54 Å². The number of para-hydroxylation sites is 1. The molecule has 3 rings (SSSR count). The molecule has 1 heterocycles. The summed E-state index contributed by atoms with van der Waals surface area (Å²) >= 11 is 0. The Morgan fingerprint density at radius 2 is 2.12 bits per heavy atom. The second-order valence-corrected chi connectivity index (χ2v) is 4.54. The smallest absolute Gasteiger partial charge is 0.170 e. The van der Waals surface area contributed by atoms with Crippen molar-refractivity contribution >= 4 is 0 Å². The van der Waals surface area contributed by atoms with Crippen LogP contribution in [0.25, 0.3) is 5.69 Å². The van der Waals surface area contributed by atoms with Crippen molar-refractivity contribution in [2.24, 2.45) is 5.92 Å². The Morgan fingerprint density at radius 3 is 2.82 bits per heavy atom. The number of benzene rings is 1. The summed E-state index contributed by atoms with van der Waals surface area (Å²) in [5, 5.41) is 15.3. The Balaban J connectivity index is 1.75. The summed E-state index contributed by atoms with van der Waals surface area (Å²) in [4.78, 5) is 0. The third-order valence-corrected chi connectivity index (χ3v) is 3.17. The molecule has 0 aliphatic heterocycles. The maximum atomic E-state index is 4.06. The van der Waals surface area contributed by atoms with E-state index in [-0.39, 0.29) is 0 Å². The van der Waals surface area contributed by atoms with Gasteiger partial charge in [0.05, 0.1) is 12.2 Å². The van der Waals surface area contributed by atoms with E-state index in [2.05, 4.69) is 27.8 Å². The lowest BCUT2D eigenvalue weighted by Crippen LogP contribution is -2.20. The Bertz CT molecular complexity index is 493. The molecule has 2 aromatic rings. The molecule has 2 atom stereocenters. The van der Waals surface area contributed by atoms with Crippen molar-refractivity contribution in [2.75, 3.05) is 0 Å². The van der Waals surface area contributed by atoms with Crippen molar-refractivity contribution in [3.63, 3.8) is 0 Å². The standard InChI is InChI=1S/C12H15N5/c1-9-7-11(9)13-8-12-14-15-16-17(12)10-5-3-2-4-6-10/h2-6,9,11,13H,7-8H2,1H3. The summed E-state index contributed by atoms with van der Waals surface area (Å²) < 4.78 is 1.78. The molecule has 88 valence electrons. The van der Waals surface area contributed by atoms with Gasteiger partial charge in [-0.1, -0.05) is 25.1 Å². The molecule has 1 aliphatic carbocycles. The number of nitrogens with zero attached hydrogens (tertiary/aromatic N) is 4. The number of hydrogen-bond donors (Lipinski definition) is 1. The van der Waals surface area contributed by atoms with Crippen molar-refractivity contribution in [3.05, 3.63) is 36.2 Å². The molecule has 0 amide bonds. The summed E-state index contributed by atoms with van der Waals surface area (Å²) in [7, 11) is 0. The van der Waals surface area contributed by atoms with Gasteiger partial charge in [-0.2, -0.15) is 4.68 Å². The van der Waals surface area contributed by atoms with Crippen molar-refractivity contribution in [2.45, 2.75) is 25.9 Å². The van der Waals surface area contributed by atoms with E-state index in [0.29, 0.717) is 6.04 Å². The van der Waals surface area contributed by atoms with Crippen molar-refractivity contribution in [3.8, 4) is 5.69 Å². The fraction of sp³-hybridized carbons (Fsp3) is 0.417. The van der Waals surface area contributed by atoms with Gasteiger partial charge < -0.3 is 5.32 Å². The van der Waals surface area contributed by atoms with E-state index in [1.807, 2.05) is 30.3 Å². The molecule has 1 aliphatic rings. The van der Waals surface area contributed by atoms with Gasteiger partial charge >= 0.3 is 0 Å². The van der Waals surface area contributed by atoms with Crippen LogP contribution in [0.4, 0.5) is 0 Å². The lowest BCUT2D eigenvalue weighted by atomic mass is 10.3. The zero-order valence-corrected chi connectivity index (χ0v) is 9.74. The van der Waals surface area contributed by atoms with Gasteiger partial charge in [0.1, 0.15) is 0 Å². The molecule has 5 heteroatoms.